The van der Waals surface area contributed by atoms with Gasteiger partial charge in [-0.1, -0.05) is 78.1 Å². The van der Waals surface area contributed by atoms with Crippen LogP contribution in [0.1, 0.15) is 5.56 Å². The molecule has 0 spiro atoms. The number of hydrogen-bond acceptors (Lipinski definition) is 5. The Hall–Kier alpha value is -2.61. The number of rotatable bonds is 5. The van der Waals surface area contributed by atoms with Crippen molar-refractivity contribution in [1.82, 2.24) is 4.90 Å². The molecule has 1 saturated heterocycles. The van der Waals surface area contributed by atoms with Crippen molar-refractivity contribution in [2.45, 2.75) is 0 Å². The lowest BCUT2D eigenvalue weighted by molar-refractivity contribution is -0.126. The normalized spacial score (nSPS) is 15.6. The molecule has 0 saturated carbocycles. The van der Waals surface area contributed by atoms with E-state index in [9.17, 15) is 14.7 Å². The second-order valence-electron chi connectivity index (χ2n) is 5.77. The Morgan fingerprint density at radius 1 is 1.25 bits per heavy atom. The summed E-state index contributed by atoms with van der Waals surface area (Å²) in [4.78, 5) is 26.5. The second-order valence-corrected chi connectivity index (χ2v) is 7.88. The molecule has 0 unspecified atom stereocenters. The van der Waals surface area contributed by atoms with E-state index in [4.69, 9.17) is 23.8 Å². The van der Waals surface area contributed by atoms with Gasteiger partial charge in [-0.05, 0) is 29.8 Å². The number of halogens is 1. The first-order valence-electron chi connectivity index (χ1n) is 8.19. The average molecular weight is 431 g/mol. The van der Waals surface area contributed by atoms with Crippen molar-refractivity contribution >= 4 is 63.5 Å². The van der Waals surface area contributed by atoms with Crippen molar-refractivity contribution < 1.29 is 14.7 Å². The van der Waals surface area contributed by atoms with Gasteiger partial charge in [0.25, 0.3) is 5.91 Å². The minimum absolute atomic E-state index is 0.117. The summed E-state index contributed by atoms with van der Waals surface area (Å²) < 4.78 is 0.301. The molecule has 0 radical (unpaired) electrons. The standard InChI is InChI=1S/C20H15ClN2O3S2/c21-14-9-10-16(24)15(11-14)22-18(25)12-23-19(26)17(28-20(23)27)8-4-7-13-5-2-1-3-6-13/h1-11,24H,12H2,(H,22,25). The van der Waals surface area contributed by atoms with Crippen LogP contribution in [0.3, 0.4) is 0 Å². The average Bonchev–Trinajstić information content (AvgIpc) is 2.93. The summed E-state index contributed by atoms with van der Waals surface area (Å²) in [6.45, 7) is -0.254. The van der Waals surface area contributed by atoms with E-state index < -0.39 is 5.91 Å². The highest BCUT2D eigenvalue weighted by Gasteiger charge is 2.33. The van der Waals surface area contributed by atoms with Crippen LogP contribution in [-0.2, 0) is 9.59 Å². The number of allylic oxidation sites excluding steroid dienone is 2. The number of nitrogens with zero attached hydrogens (tertiary/aromatic N) is 1. The van der Waals surface area contributed by atoms with Crippen LogP contribution in [0.25, 0.3) is 6.08 Å². The van der Waals surface area contributed by atoms with Crippen LogP contribution in [-0.4, -0.2) is 32.7 Å². The molecule has 2 aromatic rings. The number of hydrogen-bond donors (Lipinski definition) is 2. The third-order valence-electron chi connectivity index (χ3n) is 3.74. The summed E-state index contributed by atoms with van der Waals surface area (Å²) in [6, 6.07) is 14.0. The van der Waals surface area contributed by atoms with E-state index in [0.717, 1.165) is 17.3 Å². The molecule has 1 aliphatic rings. The highest BCUT2D eigenvalue weighted by molar-refractivity contribution is 8.26. The van der Waals surface area contributed by atoms with Crippen LogP contribution >= 0.6 is 35.6 Å². The molecule has 142 valence electrons. The molecular formula is C20H15ClN2O3S2. The van der Waals surface area contributed by atoms with Gasteiger partial charge in [0.1, 0.15) is 16.6 Å². The molecule has 2 aromatic carbocycles. The largest absolute Gasteiger partial charge is 0.506 e. The molecule has 1 heterocycles. The Bertz CT molecular complexity index is 990. The molecule has 0 aromatic heterocycles. The van der Waals surface area contributed by atoms with Crippen LogP contribution in [0.5, 0.6) is 5.75 Å². The molecular weight excluding hydrogens is 416 g/mol. The fourth-order valence-corrected chi connectivity index (χ4v) is 3.78. The Balaban J connectivity index is 1.65. The van der Waals surface area contributed by atoms with Crippen molar-refractivity contribution in [3.8, 4) is 5.75 Å². The maximum absolute atomic E-state index is 12.5. The Kier molecular flexibility index (Phi) is 6.51. The van der Waals surface area contributed by atoms with Crippen molar-refractivity contribution in [3.05, 3.63) is 76.2 Å². The summed E-state index contributed by atoms with van der Waals surface area (Å²) in [5, 5.41) is 12.7. The third kappa shape index (κ3) is 5.01. The molecule has 2 N–H and O–H groups in total. The van der Waals surface area contributed by atoms with Crippen molar-refractivity contribution in [2.75, 3.05) is 11.9 Å². The van der Waals surface area contributed by atoms with Crippen LogP contribution in [0.2, 0.25) is 5.02 Å². The van der Waals surface area contributed by atoms with Gasteiger partial charge in [-0.25, -0.2) is 0 Å². The predicted octanol–water partition coefficient (Wildman–Crippen LogP) is 4.44. The number of phenols is 1. The summed E-state index contributed by atoms with van der Waals surface area (Å²) in [5.41, 5.74) is 1.18. The molecule has 0 aliphatic carbocycles. The van der Waals surface area contributed by atoms with Gasteiger partial charge in [0.15, 0.2) is 0 Å². The van der Waals surface area contributed by atoms with Crippen LogP contribution < -0.4 is 5.32 Å². The minimum Gasteiger partial charge on any atom is -0.506 e. The summed E-state index contributed by atoms with van der Waals surface area (Å²) >= 11 is 12.2. The summed E-state index contributed by atoms with van der Waals surface area (Å²) in [7, 11) is 0. The number of carbonyl (C=O) groups excluding carboxylic acids is 2. The van der Waals surface area contributed by atoms with Crippen molar-refractivity contribution in [3.63, 3.8) is 0 Å². The minimum atomic E-state index is -0.491. The predicted molar refractivity (Wildman–Crippen MR) is 117 cm³/mol. The number of thiocarbonyl (C=S) groups is 1. The Morgan fingerprint density at radius 2 is 2.00 bits per heavy atom. The fraction of sp³-hybridized carbons (Fsp3) is 0.0500. The smallest absolute Gasteiger partial charge is 0.266 e. The lowest BCUT2D eigenvalue weighted by Gasteiger charge is -2.14. The zero-order valence-electron chi connectivity index (χ0n) is 14.5. The number of aromatic hydroxyl groups is 1. The number of anilines is 1. The van der Waals surface area contributed by atoms with Gasteiger partial charge < -0.3 is 10.4 Å². The van der Waals surface area contributed by atoms with Gasteiger partial charge in [0.05, 0.1) is 10.6 Å². The Labute approximate surface area is 176 Å². The number of carbonyl (C=O) groups is 2. The van der Waals surface area contributed by atoms with E-state index >= 15 is 0 Å². The third-order valence-corrected chi connectivity index (χ3v) is 5.37. The first kappa shape index (κ1) is 20.1. The molecule has 0 atom stereocenters. The second kappa shape index (κ2) is 9.05. The zero-order valence-corrected chi connectivity index (χ0v) is 16.9. The number of nitrogens with one attached hydrogen (secondary N) is 1. The molecule has 3 rings (SSSR count). The van der Waals surface area contributed by atoms with Gasteiger partial charge >= 0.3 is 0 Å². The van der Waals surface area contributed by atoms with E-state index in [0.29, 0.717) is 14.2 Å². The summed E-state index contributed by atoms with van der Waals surface area (Å²) in [5.74, 6) is -0.942. The monoisotopic (exact) mass is 430 g/mol. The molecule has 1 aliphatic heterocycles. The molecule has 8 heteroatoms. The van der Waals surface area contributed by atoms with Gasteiger partial charge in [-0.15, -0.1) is 0 Å². The van der Waals surface area contributed by atoms with Crippen LogP contribution in [0.15, 0.2) is 65.6 Å². The zero-order chi connectivity index (χ0) is 20.1. The quantitative estimate of drug-likeness (QED) is 0.417. The van der Waals surface area contributed by atoms with Gasteiger partial charge in [0, 0.05) is 5.02 Å². The van der Waals surface area contributed by atoms with Gasteiger partial charge in [-0.3, -0.25) is 14.5 Å². The van der Waals surface area contributed by atoms with E-state index in [2.05, 4.69) is 5.32 Å². The molecule has 0 bridgehead atoms. The van der Waals surface area contributed by atoms with Crippen molar-refractivity contribution in [2.24, 2.45) is 0 Å². The van der Waals surface area contributed by atoms with Gasteiger partial charge in [-0.2, -0.15) is 0 Å². The lowest BCUT2D eigenvalue weighted by atomic mass is 10.2. The lowest BCUT2D eigenvalue weighted by Crippen LogP contribution is -2.36. The number of benzene rings is 2. The number of phenolic OH excluding ortho intramolecular Hbond substituents is 1. The molecule has 5 nitrogen and oxygen atoms in total. The number of amides is 2. The first-order valence-corrected chi connectivity index (χ1v) is 9.80. The maximum atomic E-state index is 12.5. The van der Waals surface area contributed by atoms with Crippen LogP contribution in [0, 0.1) is 0 Å². The number of thioether (sulfide) groups is 1. The van der Waals surface area contributed by atoms with E-state index in [1.165, 1.54) is 23.1 Å². The highest BCUT2D eigenvalue weighted by Crippen LogP contribution is 2.31. The fourth-order valence-electron chi connectivity index (χ4n) is 2.40. The first-order chi connectivity index (χ1) is 13.4. The van der Waals surface area contributed by atoms with E-state index in [1.807, 2.05) is 36.4 Å². The molecule has 28 heavy (non-hydrogen) atoms. The van der Waals surface area contributed by atoms with Gasteiger partial charge in [0.2, 0.25) is 5.91 Å². The van der Waals surface area contributed by atoms with Crippen molar-refractivity contribution in [1.29, 1.82) is 0 Å². The highest BCUT2D eigenvalue weighted by atomic mass is 35.5. The van der Waals surface area contributed by atoms with Crippen LogP contribution in [0.4, 0.5) is 5.69 Å². The Morgan fingerprint density at radius 3 is 2.75 bits per heavy atom. The molecule has 1 fully saturated rings. The SMILES string of the molecule is O=C(CN1C(=O)C(=CC=Cc2ccccc2)SC1=S)Nc1cc(Cl)ccc1O. The van der Waals surface area contributed by atoms with E-state index in [-0.39, 0.29) is 23.9 Å². The maximum Gasteiger partial charge on any atom is 0.266 e. The molecule has 2 amide bonds. The topological polar surface area (TPSA) is 69.6 Å². The van der Waals surface area contributed by atoms with E-state index in [1.54, 1.807) is 12.2 Å². The summed E-state index contributed by atoms with van der Waals surface area (Å²) in [6.07, 6.45) is 5.32.